The van der Waals surface area contributed by atoms with Crippen molar-refractivity contribution in [3.05, 3.63) is 64.2 Å². The Morgan fingerprint density at radius 2 is 1.96 bits per heavy atom. The van der Waals surface area contributed by atoms with Crippen LogP contribution in [0.5, 0.6) is 0 Å². The van der Waals surface area contributed by atoms with E-state index in [0.717, 1.165) is 46.5 Å². The number of aryl methyl sites for hydroxylation is 2. The van der Waals surface area contributed by atoms with Crippen LogP contribution < -0.4 is 5.56 Å². The third-order valence-electron chi connectivity index (χ3n) is 4.91. The summed E-state index contributed by atoms with van der Waals surface area (Å²) in [5.41, 5.74) is 6.22. The van der Waals surface area contributed by atoms with Gasteiger partial charge < -0.3 is 4.98 Å². The molecule has 1 saturated carbocycles. The van der Waals surface area contributed by atoms with Crippen LogP contribution in [-0.4, -0.2) is 29.4 Å². The molecule has 1 N–H and O–H groups in total. The summed E-state index contributed by atoms with van der Waals surface area (Å²) in [6.45, 7) is 3.96. The highest BCUT2D eigenvalue weighted by molar-refractivity contribution is 5.76. The third kappa shape index (κ3) is 2.28. The molecule has 0 spiro atoms. The molecule has 1 fully saturated rings. The van der Waals surface area contributed by atoms with Crippen molar-refractivity contribution in [1.82, 2.24) is 29.4 Å². The maximum absolute atomic E-state index is 12.8. The predicted octanol–water partition coefficient (Wildman–Crippen LogP) is 2.76. The molecular formula is C19H18N6O. The zero-order valence-corrected chi connectivity index (χ0v) is 14.6. The van der Waals surface area contributed by atoms with Gasteiger partial charge in [-0.1, -0.05) is 0 Å². The lowest BCUT2D eigenvalue weighted by Crippen LogP contribution is -2.21. The standard InChI is InChI=1S/C19H18N6O/c1-11-5-15(8-20-6-11)24-10-14(7-21-24)16-9-22-25-18(16)23-12(2)17(19(25)26)13-3-4-13/h5-10,13,23H,3-4H2,1-2H3. The van der Waals surface area contributed by atoms with Crippen molar-refractivity contribution in [1.29, 1.82) is 0 Å². The smallest absolute Gasteiger partial charge is 0.278 e. The summed E-state index contributed by atoms with van der Waals surface area (Å²) in [5, 5.41) is 8.76. The fraction of sp³-hybridized carbons (Fsp3) is 0.263. The molecular weight excluding hydrogens is 328 g/mol. The van der Waals surface area contributed by atoms with Gasteiger partial charge in [0, 0.05) is 34.8 Å². The largest absolute Gasteiger partial charge is 0.343 e. The van der Waals surface area contributed by atoms with Crippen molar-refractivity contribution >= 4 is 5.65 Å². The second-order valence-corrected chi connectivity index (χ2v) is 6.96. The first-order chi connectivity index (χ1) is 12.6. The first kappa shape index (κ1) is 15.1. The lowest BCUT2D eigenvalue weighted by atomic mass is 10.1. The molecule has 0 amide bonds. The Morgan fingerprint density at radius 1 is 1.12 bits per heavy atom. The number of hydrogen-bond donors (Lipinski definition) is 1. The molecule has 0 bridgehead atoms. The Bertz CT molecular complexity index is 1190. The van der Waals surface area contributed by atoms with E-state index in [2.05, 4.69) is 20.2 Å². The Kier molecular flexibility index (Phi) is 3.12. The average Bonchev–Trinajstić information content (AvgIpc) is 3.17. The van der Waals surface area contributed by atoms with E-state index in [-0.39, 0.29) is 5.56 Å². The summed E-state index contributed by atoms with van der Waals surface area (Å²) in [4.78, 5) is 20.4. The number of aromatic nitrogens is 6. The quantitative estimate of drug-likeness (QED) is 0.618. The number of hydrogen-bond acceptors (Lipinski definition) is 4. The second kappa shape index (κ2) is 5.39. The molecule has 1 aliphatic rings. The summed E-state index contributed by atoms with van der Waals surface area (Å²) in [5.74, 6) is 0.382. The van der Waals surface area contributed by atoms with E-state index >= 15 is 0 Å². The molecule has 7 heteroatoms. The number of rotatable bonds is 3. The first-order valence-electron chi connectivity index (χ1n) is 8.69. The zero-order chi connectivity index (χ0) is 17.8. The molecule has 4 aromatic heterocycles. The van der Waals surface area contributed by atoms with E-state index in [9.17, 15) is 4.79 Å². The van der Waals surface area contributed by atoms with Gasteiger partial charge in [-0.25, -0.2) is 4.68 Å². The summed E-state index contributed by atoms with van der Waals surface area (Å²) < 4.78 is 3.25. The highest BCUT2D eigenvalue weighted by Gasteiger charge is 2.29. The van der Waals surface area contributed by atoms with Gasteiger partial charge in [-0.15, -0.1) is 0 Å². The molecule has 0 saturated heterocycles. The van der Waals surface area contributed by atoms with Crippen LogP contribution in [-0.2, 0) is 0 Å². The molecule has 7 nitrogen and oxygen atoms in total. The molecule has 4 aromatic rings. The van der Waals surface area contributed by atoms with Gasteiger partial charge >= 0.3 is 0 Å². The number of fused-ring (bicyclic) bond motifs is 1. The van der Waals surface area contributed by atoms with Gasteiger partial charge in [0.05, 0.1) is 24.3 Å². The highest BCUT2D eigenvalue weighted by Crippen LogP contribution is 2.39. The maximum Gasteiger partial charge on any atom is 0.278 e. The predicted molar refractivity (Wildman–Crippen MR) is 97.6 cm³/mol. The summed E-state index contributed by atoms with van der Waals surface area (Å²) >= 11 is 0. The van der Waals surface area contributed by atoms with Crippen LogP contribution >= 0.6 is 0 Å². The molecule has 4 heterocycles. The Balaban J connectivity index is 1.63. The van der Waals surface area contributed by atoms with Gasteiger partial charge in [0.25, 0.3) is 5.56 Å². The van der Waals surface area contributed by atoms with Crippen LogP contribution in [0.25, 0.3) is 22.5 Å². The highest BCUT2D eigenvalue weighted by atomic mass is 16.1. The lowest BCUT2D eigenvalue weighted by molar-refractivity contribution is 0.849. The topological polar surface area (TPSA) is 80.9 Å². The van der Waals surface area contributed by atoms with E-state index in [1.54, 1.807) is 23.3 Å². The molecule has 5 rings (SSSR count). The summed E-state index contributed by atoms with van der Waals surface area (Å²) in [7, 11) is 0. The fourth-order valence-corrected chi connectivity index (χ4v) is 3.47. The van der Waals surface area contributed by atoms with Gasteiger partial charge in [-0.05, 0) is 44.2 Å². The van der Waals surface area contributed by atoms with Gasteiger partial charge in [-0.3, -0.25) is 9.78 Å². The van der Waals surface area contributed by atoms with Crippen LogP contribution in [0.2, 0.25) is 0 Å². The van der Waals surface area contributed by atoms with Crippen LogP contribution in [0.1, 0.15) is 35.6 Å². The van der Waals surface area contributed by atoms with Gasteiger partial charge in [0.1, 0.15) is 5.65 Å². The van der Waals surface area contributed by atoms with Gasteiger partial charge in [-0.2, -0.15) is 14.7 Å². The Hall–Kier alpha value is -3.22. The van der Waals surface area contributed by atoms with E-state index in [4.69, 9.17) is 0 Å². The number of aromatic amines is 1. The number of nitrogens with zero attached hydrogens (tertiary/aromatic N) is 5. The van der Waals surface area contributed by atoms with Crippen LogP contribution in [0.3, 0.4) is 0 Å². The van der Waals surface area contributed by atoms with Crippen LogP contribution in [0.15, 0.2) is 41.8 Å². The van der Waals surface area contributed by atoms with Crippen molar-refractivity contribution in [3.63, 3.8) is 0 Å². The average molecular weight is 346 g/mol. The van der Waals surface area contributed by atoms with Gasteiger partial charge in [0.2, 0.25) is 0 Å². The maximum atomic E-state index is 12.8. The monoisotopic (exact) mass is 346 g/mol. The van der Waals surface area contributed by atoms with Crippen LogP contribution in [0, 0.1) is 13.8 Å². The zero-order valence-electron chi connectivity index (χ0n) is 14.6. The molecule has 0 radical (unpaired) electrons. The summed E-state index contributed by atoms with van der Waals surface area (Å²) in [6, 6.07) is 2.02. The van der Waals surface area contributed by atoms with Crippen molar-refractivity contribution in [2.45, 2.75) is 32.6 Å². The molecule has 0 unspecified atom stereocenters. The molecule has 1 aliphatic carbocycles. The number of pyridine rings is 1. The lowest BCUT2D eigenvalue weighted by Gasteiger charge is -2.05. The van der Waals surface area contributed by atoms with Crippen molar-refractivity contribution in [3.8, 4) is 16.8 Å². The second-order valence-electron chi connectivity index (χ2n) is 6.96. The van der Waals surface area contributed by atoms with Crippen LogP contribution in [0.4, 0.5) is 0 Å². The third-order valence-corrected chi connectivity index (χ3v) is 4.91. The normalized spacial score (nSPS) is 14.2. The minimum absolute atomic E-state index is 0.0136. The molecule has 0 atom stereocenters. The SMILES string of the molecule is Cc1cncc(-n2cc(-c3cnn4c(=O)c(C5CC5)c(C)[nH]c34)cn2)c1. The fourth-order valence-electron chi connectivity index (χ4n) is 3.47. The van der Waals surface area contributed by atoms with E-state index in [0.29, 0.717) is 11.6 Å². The van der Waals surface area contributed by atoms with E-state index in [1.165, 1.54) is 4.52 Å². The molecule has 0 aromatic carbocycles. The minimum Gasteiger partial charge on any atom is -0.343 e. The van der Waals surface area contributed by atoms with Crippen molar-refractivity contribution < 1.29 is 0 Å². The van der Waals surface area contributed by atoms with Crippen molar-refractivity contribution in [2.24, 2.45) is 0 Å². The summed E-state index contributed by atoms with van der Waals surface area (Å²) in [6.07, 6.45) is 11.2. The van der Waals surface area contributed by atoms with Gasteiger partial charge in [0.15, 0.2) is 0 Å². The number of H-pyrrole nitrogens is 1. The molecule has 0 aliphatic heterocycles. The van der Waals surface area contributed by atoms with Crippen molar-refractivity contribution in [2.75, 3.05) is 0 Å². The van der Waals surface area contributed by atoms with E-state index in [1.807, 2.05) is 32.3 Å². The Labute approximate surface area is 149 Å². The Morgan fingerprint density at radius 3 is 2.73 bits per heavy atom. The van der Waals surface area contributed by atoms with E-state index < -0.39 is 0 Å². The first-order valence-corrected chi connectivity index (χ1v) is 8.69. The molecule has 26 heavy (non-hydrogen) atoms. The molecule has 130 valence electrons. The number of nitrogens with one attached hydrogen (secondary N) is 1. The minimum atomic E-state index is -0.0136.